The Kier molecular flexibility index (Phi) is 9.61. The van der Waals surface area contributed by atoms with Gasteiger partial charge < -0.3 is 24.8 Å². The minimum absolute atomic E-state index is 0.503. The van der Waals surface area contributed by atoms with E-state index in [1.165, 1.54) is 0 Å². The van der Waals surface area contributed by atoms with Crippen LogP contribution in [0.4, 0.5) is 5.69 Å². The van der Waals surface area contributed by atoms with Crippen LogP contribution in [-0.4, -0.2) is 52.7 Å². The zero-order chi connectivity index (χ0) is 15.3. The third-order valence-corrected chi connectivity index (χ3v) is 2.79. The molecule has 5 nitrogen and oxygen atoms in total. The van der Waals surface area contributed by atoms with E-state index in [1.807, 2.05) is 31.3 Å². The molecular formula is C16H28N2O3. The molecule has 0 radical (unpaired) electrons. The Labute approximate surface area is 128 Å². The number of rotatable bonds is 12. The highest BCUT2D eigenvalue weighted by Gasteiger charge is 1.96. The van der Waals surface area contributed by atoms with Crippen LogP contribution in [-0.2, 0) is 9.47 Å². The molecule has 0 atom stereocenters. The number of hydrogen-bond donors (Lipinski definition) is 2. The van der Waals surface area contributed by atoms with E-state index in [0.717, 1.165) is 24.6 Å². The second kappa shape index (κ2) is 11.4. The van der Waals surface area contributed by atoms with Crippen molar-refractivity contribution >= 4 is 5.69 Å². The Bertz CT molecular complexity index is 372. The molecule has 0 amide bonds. The second-order valence-electron chi connectivity index (χ2n) is 4.96. The van der Waals surface area contributed by atoms with Gasteiger partial charge in [0.25, 0.3) is 0 Å². The second-order valence-corrected chi connectivity index (χ2v) is 4.96. The van der Waals surface area contributed by atoms with Crippen molar-refractivity contribution in [2.45, 2.75) is 19.9 Å². The summed E-state index contributed by atoms with van der Waals surface area (Å²) in [7, 11) is 1.89. The molecule has 0 heterocycles. The van der Waals surface area contributed by atoms with Crippen molar-refractivity contribution in [2.24, 2.45) is 0 Å². The predicted octanol–water partition coefficient (Wildman–Crippen LogP) is 2.14. The lowest BCUT2D eigenvalue weighted by Gasteiger charge is -2.10. The van der Waals surface area contributed by atoms with E-state index in [2.05, 4.69) is 24.5 Å². The van der Waals surface area contributed by atoms with Crippen LogP contribution < -0.4 is 15.4 Å². The molecule has 0 saturated heterocycles. The Morgan fingerprint density at radius 1 is 1.00 bits per heavy atom. The summed E-state index contributed by atoms with van der Waals surface area (Å²) in [6.07, 6.45) is 0. The number of hydrogen-bond acceptors (Lipinski definition) is 5. The van der Waals surface area contributed by atoms with Gasteiger partial charge in [-0.15, -0.1) is 0 Å². The first-order valence-electron chi connectivity index (χ1n) is 7.52. The first-order valence-corrected chi connectivity index (χ1v) is 7.52. The van der Waals surface area contributed by atoms with Crippen molar-refractivity contribution in [2.75, 3.05) is 51.9 Å². The summed E-state index contributed by atoms with van der Waals surface area (Å²) in [6.45, 7) is 8.16. The number of nitrogens with one attached hydrogen (secondary N) is 2. The maximum absolute atomic E-state index is 5.60. The van der Waals surface area contributed by atoms with Crippen LogP contribution >= 0.6 is 0 Å². The molecule has 1 rings (SSSR count). The van der Waals surface area contributed by atoms with Gasteiger partial charge in [0.05, 0.1) is 26.4 Å². The fourth-order valence-corrected chi connectivity index (χ4v) is 1.70. The molecule has 21 heavy (non-hydrogen) atoms. The SMILES string of the molecule is CNc1cccc(OCCOCCOCCNC(C)C)c1. The van der Waals surface area contributed by atoms with Gasteiger partial charge >= 0.3 is 0 Å². The van der Waals surface area contributed by atoms with Crippen LogP contribution in [0, 0.1) is 0 Å². The first kappa shape index (κ1) is 17.8. The Morgan fingerprint density at radius 2 is 1.71 bits per heavy atom. The van der Waals surface area contributed by atoms with E-state index in [4.69, 9.17) is 14.2 Å². The van der Waals surface area contributed by atoms with Crippen molar-refractivity contribution in [3.8, 4) is 5.75 Å². The van der Waals surface area contributed by atoms with E-state index in [-0.39, 0.29) is 0 Å². The molecule has 1 aromatic carbocycles. The number of benzene rings is 1. The molecule has 0 aliphatic rings. The Morgan fingerprint density at radius 3 is 2.43 bits per heavy atom. The monoisotopic (exact) mass is 296 g/mol. The predicted molar refractivity (Wildman–Crippen MR) is 86.3 cm³/mol. The molecule has 5 heteroatoms. The van der Waals surface area contributed by atoms with Crippen LogP contribution in [0.3, 0.4) is 0 Å². The Hall–Kier alpha value is -1.30. The molecule has 0 bridgehead atoms. The van der Waals surface area contributed by atoms with Crippen molar-refractivity contribution < 1.29 is 14.2 Å². The maximum atomic E-state index is 5.60. The summed E-state index contributed by atoms with van der Waals surface area (Å²) in [5.74, 6) is 0.849. The van der Waals surface area contributed by atoms with E-state index in [9.17, 15) is 0 Å². The van der Waals surface area contributed by atoms with Gasteiger partial charge in [0, 0.05) is 31.4 Å². The fourth-order valence-electron chi connectivity index (χ4n) is 1.70. The van der Waals surface area contributed by atoms with Crippen molar-refractivity contribution in [3.63, 3.8) is 0 Å². The van der Waals surface area contributed by atoms with Gasteiger partial charge in [0.1, 0.15) is 12.4 Å². The summed E-state index contributed by atoms with van der Waals surface area (Å²) in [5.41, 5.74) is 1.04. The van der Waals surface area contributed by atoms with Crippen molar-refractivity contribution in [1.82, 2.24) is 5.32 Å². The van der Waals surface area contributed by atoms with Crippen LogP contribution in [0.15, 0.2) is 24.3 Å². The highest BCUT2D eigenvalue weighted by molar-refractivity contribution is 5.47. The molecule has 0 unspecified atom stereocenters. The minimum atomic E-state index is 0.503. The average molecular weight is 296 g/mol. The molecular weight excluding hydrogens is 268 g/mol. The van der Waals surface area contributed by atoms with Gasteiger partial charge in [-0.05, 0) is 12.1 Å². The highest BCUT2D eigenvalue weighted by atomic mass is 16.5. The third-order valence-electron chi connectivity index (χ3n) is 2.79. The summed E-state index contributed by atoms with van der Waals surface area (Å²) >= 11 is 0. The molecule has 1 aromatic rings. The van der Waals surface area contributed by atoms with E-state index in [1.54, 1.807) is 0 Å². The first-order chi connectivity index (χ1) is 10.2. The Balaban J connectivity index is 1.92. The van der Waals surface area contributed by atoms with Crippen LogP contribution in [0.5, 0.6) is 5.75 Å². The molecule has 0 aliphatic carbocycles. The molecule has 120 valence electrons. The quantitative estimate of drug-likeness (QED) is 0.579. The topological polar surface area (TPSA) is 51.8 Å². The lowest BCUT2D eigenvalue weighted by atomic mass is 10.3. The molecule has 2 N–H and O–H groups in total. The van der Waals surface area contributed by atoms with Gasteiger partial charge in [-0.3, -0.25) is 0 Å². The summed E-state index contributed by atoms with van der Waals surface area (Å²) in [4.78, 5) is 0. The largest absolute Gasteiger partial charge is 0.491 e. The number of anilines is 1. The van der Waals surface area contributed by atoms with Crippen molar-refractivity contribution in [3.05, 3.63) is 24.3 Å². The lowest BCUT2D eigenvalue weighted by molar-refractivity contribution is 0.0370. The van der Waals surface area contributed by atoms with Crippen molar-refractivity contribution in [1.29, 1.82) is 0 Å². The fraction of sp³-hybridized carbons (Fsp3) is 0.625. The summed E-state index contributed by atoms with van der Waals surface area (Å²) in [6, 6.07) is 8.36. The van der Waals surface area contributed by atoms with Crippen LogP contribution in [0.25, 0.3) is 0 Å². The van der Waals surface area contributed by atoms with Crippen LogP contribution in [0.1, 0.15) is 13.8 Å². The summed E-state index contributed by atoms with van der Waals surface area (Å²) < 4.78 is 16.5. The number of ether oxygens (including phenoxy) is 3. The summed E-state index contributed by atoms with van der Waals surface area (Å²) in [5, 5.41) is 6.37. The van der Waals surface area contributed by atoms with E-state index in [0.29, 0.717) is 32.5 Å². The normalized spacial score (nSPS) is 10.9. The smallest absolute Gasteiger partial charge is 0.121 e. The minimum Gasteiger partial charge on any atom is -0.491 e. The average Bonchev–Trinajstić information content (AvgIpc) is 2.49. The lowest BCUT2D eigenvalue weighted by Crippen LogP contribution is -2.27. The molecule has 0 saturated carbocycles. The van der Waals surface area contributed by atoms with Gasteiger partial charge in [0.2, 0.25) is 0 Å². The molecule has 0 spiro atoms. The van der Waals surface area contributed by atoms with E-state index < -0.39 is 0 Å². The zero-order valence-electron chi connectivity index (χ0n) is 13.4. The molecule has 0 fully saturated rings. The van der Waals surface area contributed by atoms with Gasteiger partial charge in [-0.25, -0.2) is 0 Å². The maximum Gasteiger partial charge on any atom is 0.121 e. The van der Waals surface area contributed by atoms with E-state index >= 15 is 0 Å². The van der Waals surface area contributed by atoms with Gasteiger partial charge in [-0.1, -0.05) is 19.9 Å². The van der Waals surface area contributed by atoms with Crippen LogP contribution in [0.2, 0.25) is 0 Å². The highest BCUT2D eigenvalue weighted by Crippen LogP contribution is 2.16. The van der Waals surface area contributed by atoms with Gasteiger partial charge in [0.15, 0.2) is 0 Å². The standard InChI is InChI=1S/C16H28N2O3/c1-14(2)18-7-8-19-9-10-20-11-12-21-16-6-4-5-15(13-16)17-3/h4-6,13-14,17-18H,7-12H2,1-3H3. The zero-order valence-corrected chi connectivity index (χ0v) is 13.4. The molecule has 0 aliphatic heterocycles. The third kappa shape index (κ3) is 9.28. The molecule has 0 aromatic heterocycles. The van der Waals surface area contributed by atoms with Gasteiger partial charge in [-0.2, -0.15) is 0 Å².